The Labute approximate surface area is 136 Å². The lowest BCUT2D eigenvalue weighted by molar-refractivity contribution is -0.123. The molecule has 1 rings (SSSR count). The van der Waals surface area contributed by atoms with E-state index >= 15 is 0 Å². The predicted octanol–water partition coefficient (Wildman–Crippen LogP) is 2.30. The quantitative estimate of drug-likeness (QED) is 0.523. The van der Waals surface area contributed by atoms with Gasteiger partial charge in [-0.1, -0.05) is 42.1 Å². The van der Waals surface area contributed by atoms with Crippen molar-refractivity contribution >= 4 is 31.7 Å². The van der Waals surface area contributed by atoms with E-state index in [0.29, 0.717) is 24.8 Å². The largest absolute Gasteiger partial charge is 0.527 e. The average molecular weight is 339 g/mol. The van der Waals surface area contributed by atoms with Gasteiger partial charge in [-0.05, 0) is 12.0 Å². The number of hydrogen-bond donors (Lipinski definition) is 1. The standard InChI is InChI=1S/C15H21NO4SSi/c1-20-22(19)11-5-10-16-14(17)8-9-15(18)21-12-13-6-3-2-4-7-13/h2-4,6-7H,5,8-12H2,1H3,(H,16,17). The molecule has 0 fully saturated rings. The van der Waals surface area contributed by atoms with E-state index < -0.39 is 8.93 Å². The van der Waals surface area contributed by atoms with Crippen LogP contribution in [0.25, 0.3) is 0 Å². The lowest BCUT2D eigenvalue weighted by Gasteiger charge is -2.04. The Bertz CT molecular complexity index is 496. The molecule has 7 heteroatoms. The highest BCUT2D eigenvalue weighted by Crippen LogP contribution is 2.15. The van der Waals surface area contributed by atoms with Crippen LogP contribution in [-0.4, -0.2) is 33.6 Å². The molecule has 0 aliphatic rings. The number of carbonyl (C=O) groups is 2. The van der Waals surface area contributed by atoms with Crippen LogP contribution in [0, 0.1) is 0 Å². The Hall–Kier alpha value is -1.47. The zero-order valence-corrected chi connectivity index (χ0v) is 14.5. The second-order valence-electron chi connectivity index (χ2n) is 4.68. The number of nitrogens with one attached hydrogen (secondary N) is 1. The van der Waals surface area contributed by atoms with Crippen molar-refractivity contribution in [3.63, 3.8) is 0 Å². The molecule has 0 saturated carbocycles. The highest BCUT2D eigenvalue weighted by molar-refractivity contribution is 8.12. The number of thioether (sulfide) groups is 1. The molecular weight excluding hydrogens is 318 g/mol. The van der Waals surface area contributed by atoms with Gasteiger partial charge in [0.15, 0.2) is 5.12 Å². The molecule has 0 saturated heterocycles. The Kier molecular flexibility index (Phi) is 9.41. The summed E-state index contributed by atoms with van der Waals surface area (Å²) < 4.78 is 15.7. The van der Waals surface area contributed by atoms with Crippen molar-refractivity contribution < 1.29 is 18.5 Å². The van der Waals surface area contributed by atoms with Crippen LogP contribution >= 0.6 is 11.8 Å². The van der Waals surface area contributed by atoms with Crippen LogP contribution in [0.3, 0.4) is 0 Å². The monoisotopic (exact) mass is 339 g/mol. The first-order chi connectivity index (χ1) is 10.6. The van der Waals surface area contributed by atoms with Gasteiger partial charge in [0.25, 0.3) is 0 Å². The lowest BCUT2D eigenvalue weighted by atomic mass is 10.2. The second kappa shape index (κ2) is 11.1. The maximum absolute atomic E-state index is 11.7. The molecule has 0 radical (unpaired) electrons. The Balaban J connectivity index is 2.08. The van der Waals surface area contributed by atoms with Gasteiger partial charge >= 0.3 is 8.93 Å². The Morgan fingerprint density at radius 2 is 1.95 bits per heavy atom. The van der Waals surface area contributed by atoms with Crippen LogP contribution in [0.1, 0.15) is 24.8 Å². The minimum absolute atomic E-state index is 0.0171. The third kappa shape index (κ3) is 8.73. The minimum atomic E-state index is -1.94. The maximum atomic E-state index is 11.7. The summed E-state index contributed by atoms with van der Waals surface area (Å²) in [6.45, 7) is 0.462. The zero-order valence-electron chi connectivity index (χ0n) is 12.7. The molecule has 0 spiro atoms. The van der Waals surface area contributed by atoms with Crippen LogP contribution < -0.4 is 5.32 Å². The summed E-state index contributed by atoms with van der Waals surface area (Å²) in [5.74, 6) is 0.484. The van der Waals surface area contributed by atoms with Crippen molar-refractivity contribution in [2.45, 2.75) is 31.1 Å². The molecule has 0 aliphatic heterocycles. The summed E-state index contributed by atoms with van der Waals surface area (Å²) in [5, 5.41) is 2.73. The lowest BCUT2D eigenvalue weighted by Crippen LogP contribution is -2.25. The molecule has 5 nitrogen and oxygen atoms in total. The Morgan fingerprint density at radius 1 is 1.23 bits per heavy atom. The zero-order chi connectivity index (χ0) is 16.2. The number of rotatable bonds is 10. The van der Waals surface area contributed by atoms with Gasteiger partial charge in [0.05, 0.1) is 7.11 Å². The summed E-state index contributed by atoms with van der Waals surface area (Å²) in [5.41, 5.74) is 1.10. The molecule has 0 aliphatic carbocycles. The normalized spacial score (nSPS) is 10.0. The van der Waals surface area contributed by atoms with Crippen LogP contribution in [0.2, 0.25) is 6.04 Å². The van der Waals surface area contributed by atoms with Crippen molar-refractivity contribution in [2.24, 2.45) is 0 Å². The molecule has 22 heavy (non-hydrogen) atoms. The molecule has 120 valence electrons. The van der Waals surface area contributed by atoms with Gasteiger partial charge in [0.1, 0.15) is 0 Å². The first-order valence-electron chi connectivity index (χ1n) is 7.15. The van der Waals surface area contributed by atoms with Crippen molar-refractivity contribution in [3.05, 3.63) is 35.9 Å². The maximum Gasteiger partial charge on any atom is 0.502 e. The topological polar surface area (TPSA) is 72.5 Å². The number of benzene rings is 1. The van der Waals surface area contributed by atoms with Gasteiger partial charge < -0.3 is 14.2 Å². The Morgan fingerprint density at radius 3 is 2.64 bits per heavy atom. The van der Waals surface area contributed by atoms with E-state index in [-0.39, 0.29) is 23.9 Å². The van der Waals surface area contributed by atoms with Gasteiger partial charge in [0.2, 0.25) is 5.91 Å². The minimum Gasteiger partial charge on any atom is -0.527 e. The van der Waals surface area contributed by atoms with Crippen molar-refractivity contribution in [1.29, 1.82) is 0 Å². The highest BCUT2D eigenvalue weighted by atomic mass is 32.2. The molecule has 1 aromatic carbocycles. The fourth-order valence-corrected chi connectivity index (χ4v) is 3.11. The van der Waals surface area contributed by atoms with Gasteiger partial charge in [-0.25, -0.2) is 0 Å². The summed E-state index contributed by atoms with van der Waals surface area (Å²) in [6, 6.07) is 10.2. The molecule has 0 heterocycles. The molecule has 1 N–H and O–H groups in total. The van der Waals surface area contributed by atoms with Crippen LogP contribution in [0.15, 0.2) is 30.3 Å². The fourth-order valence-electron chi connectivity index (χ4n) is 1.68. The van der Waals surface area contributed by atoms with Gasteiger partial charge in [-0.15, -0.1) is 0 Å². The average Bonchev–Trinajstić information content (AvgIpc) is 2.55. The molecule has 0 bridgehead atoms. The van der Waals surface area contributed by atoms with Crippen LogP contribution in [0.4, 0.5) is 0 Å². The van der Waals surface area contributed by atoms with Gasteiger partial charge in [-0.2, -0.15) is 0 Å². The van der Waals surface area contributed by atoms with Crippen molar-refractivity contribution in [1.82, 2.24) is 5.32 Å². The van der Waals surface area contributed by atoms with Gasteiger partial charge in [0, 0.05) is 31.2 Å². The van der Waals surface area contributed by atoms with E-state index in [9.17, 15) is 14.1 Å². The van der Waals surface area contributed by atoms with E-state index in [4.69, 9.17) is 0 Å². The highest BCUT2D eigenvalue weighted by Gasteiger charge is 2.09. The summed E-state index contributed by atoms with van der Waals surface area (Å²) in [7, 11) is -0.529. The van der Waals surface area contributed by atoms with E-state index in [0.717, 1.165) is 5.56 Å². The first-order valence-corrected chi connectivity index (χ1v) is 9.66. The smallest absolute Gasteiger partial charge is 0.502 e. The van der Waals surface area contributed by atoms with Crippen LogP contribution in [0.5, 0.6) is 0 Å². The van der Waals surface area contributed by atoms with Crippen LogP contribution in [-0.2, 0) is 24.2 Å². The summed E-state index contributed by atoms with van der Waals surface area (Å²) in [4.78, 5) is 23.3. The first kappa shape index (κ1) is 18.6. The van der Waals surface area contributed by atoms with Gasteiger partial charge in [-0.3, -0.25) is 9.59 Å². The van der Waals surface area contributed by atoms with Crippen molar-refractivity contribution in [2.75, 3.05) is 13.7 Å². The summed E-state index contributed by atoms with van der Waals surface area (Å²) in [6.07, 6.45) is 1.05. The van der Waals surface area contributed by atoms with E-state index in [2.05, 4.69) is 9.74 Å². The molecule has 1 aromatic rings. The summed E-state index contributed by atoms with van der Waals surface area (Å²) >= 11 is 1.23. The van der Waals surface area contributed by atoms with E-state index in [1.807, 2.05) is 30.3 Å². The molecular formula is C15H21NO4SSi. The predicted molar refractivity (Wildman–Crippen MR) is 87.9 cm³/mol. The third-order valence-electron chi connectivity index (χ3n) is 2.91. The second-order valence-corrected chi connectivity index (χ2v) is 7.36. The van der Waals surface area contributed by atoms with Crippen molar-refractivity contribution in [3.8, 4) is 0 Å². The number of carbonyl (C=O) groups excluding carboxylic acids is 2. The number of hydrogen-bond acceptors (Lipinski definition) is 5. The molecule has 0 aromatic heterocycles. The van der Waals surface area contributed by atoms with E-state index in [1.54, 1.807) is 0 Å². The number of amides is 1. The molecule has 0 unspecified atom stereocenters. The molecule has 1 amide bonds. The SMILES string of the molecule is CO[Si](=O)CCCNC(=O)CCC(=O)SCc1ccccc1. The third-order valence-corrected chi connectivity index (χ3v) is 5.13. The molecule has 0 atom stereocenters. The van der Waals surface area contributed by atoms with E-state index in [1.165, 1.54) is 18.9 Å². The fraction of sp³-hybridized carbons (Fsp3) is 0.467.